The van der Waals surface area contributed by atoms with Gasteiger partial charge in [-0.2, -0.15) is 0 Å². The zero-order valence-electron chi connectivity index (χ0n) is 23.0. The summed E-state index contributed by atoms with van der Waals surface area (Å²) in [7, 11) is 0. The molecule has 3 saturated carbocycles. The maximum atomic E-state index is 6.47. The standard InChI is InChI=1S/C33H58O/c1-3-5-6-8-27-13-23-33(24-14-27)34-25-28-11-17-30(18-12-28)32-21-19-31(20-22-32)29-15-9-26(7-4-2)10-16-29/h9,15,26-33H,3-8,10-14,16-25H2,1-2H3. The Balaban J connectivity index is 1.07. The topological polar surface area (TPSA) is 9.23 Å². The molecule has 1 nitrogen and oxygen atoms in total. The molecule has 3 fully saturated rings. The molecule has 4 aliphatic rings. The van der Waals surface area contributed by atoms with Crippen molar-refractivity contribution in [3.05, 3.63) is 12.2 Å². The predicted octanol–water partition coefficient (Wildman–Crippen LogP) is 10.1. The van der Waals surface area contributed by atoms with Crippen LogP contribution in [0.1, 0.15) is 142 Å². The lowest BCUT2D eigenvalue weighted by Crippen LogP contribution is -2.30. The van der Waals surface area contributed by atoms with Crippen LogP contribution in [0.5, 0.6) is 0 Å². The summed E-state index contributed by atoms with van der Waals surface area (Å²) >= 11 is 0. The van der Waals surface area contributed by atoms with Crippen LogP contribution in [0.4, 0.5) is 0 Å². The second-order valence-corrected chi connectivity index (χ2v) is 13.1. The fourth-order valence-corrected chi connectivity index (χ4v) is 8.32. The number of hydrogen-bond donors (Lipinski definition) is 0. The predicted molar refractivity (Wildman–Crippen MR) is 147 cm³/mol. The number of unbranched alkanes of at least 4 members (excludes halogenated alkanes) is 2. The van der Waals surface area contributed by atoms with Gasteiger partial charge in [0.15, 0.2) is 0 Å². The summed E-state index contributed by atoms with van der Waals surface area (Å²) in [5, 5.41) is 0. The van der Waals surface area contributed by atoms with Crippen molar-refractivity contribution in [2.45, 2.75) is 148 Å². The van der Waals surface area contributed by atoms with Crippen molar-refractivity contribution in [2.75, 3.05) is 6.61 Å². The summed E-state index contributed by atoms with van der Waals surface area (Å²) in [4.78, 5) is 0. The van der Waals surface area contributed by atoms with Crippen molar-refractivity contribution in [2.24, 2.45) is 41.4 Å². The van der Waals surface area contributed by atoms with Gasteiger partial charge in [0.05, 0.1) is 6.10 Å². The lowest BCUT2D eigenvalue weighted by atomic mass is 9.66. The average Bonchev–Trinajstić information content (AvgIpc) is 2.89. The fourth-order valence-electron chi connectivity index (χ4n) is 8.32. The van der Waals surface area contributed by atoms with E-state index in [4.69, 9.17) is 4.74 Å². The maximum absolute atomic E-state index is 6.47. The van der Waals surface area contributed by atoms with E-state index in [-0.39, 0.29) is 0 Å². The van der Waals surface area contributed by atoms with Gasteiger partial charge in [0, 0.05) is 6.61 Å². The van der Waals surface area contributed by atoms with Crippen LogP contribution in [0, 0.1) is 41.4 Å². The molecule has 0 aromatic heterocycles. The highest BCUT2D eigenvalue weighted by atomic mass is 16.5. The summed E-state index contributed by atoms with van der Waals surface area (Å²) < 4.78 is 6.47. The molecule has 1 heteroatoms. The molecule has 0 aliphatic heterocycles. The van der Waals surface area contributed by atoms with E-state index in [1.54, 1.807) is 0 Å². The molecule has 0 heterocycles. The maximum Gasteiger partial charge on any atom is 0.0575 e. The third-order valence-corrected chi connectivity index (χ3v) is 10.7. The Morgan fingerprint density at radius 2 is 1.21 bits per heavy atom. The molecule has 0 aromatic rings. The van der Waals surface area contributed by atoms with Crippen molar-refractivity contribution in [1.29, 1.82) is 0 Å². The zero-order valence-corrected chi connectivity index (χ0v) is 23.0. The molecular formula is C33H58O. The van der Waals surface area contributed by atoms with Crippen LogP contribution in [-0.2, 0) is 4.74 Å². The number of ether oxygens (including phenoxy) is 1. The molecule has 4 aliphatic carbocycles. The first-order chi connectivity index (χ1) is 16.7. The molecule has 0 amide bonds. The van der Waals surface area contributed by atoms with E-state index in [1.165, 1.54) is 128 Å². The SMILES string of the molecule is CCCCCC1CCC(OCC2CCC(C3CCC(C4C=CC(CCC)CC4)CC3)CC2)CC1. The monoisotopic (exact) mass is 470 g/mol. The first-order valence-electron chi connectivity index (χ1n) is 16.0. The number of allylic oxidation sites excluding steroid dienone is 2. The van der Waals surface area contributed by atoms with Crippen LogP contribution >= 0.6 is 0 Å². The van der Waals surface area contributed by atoms with Gasteiger partial charge in [0.1, 0.15) is 0 Å². The second-order valence-electron chi connectivity index (χ2n) is 13.1. The first kappa shape index (κ1) is 26.8. The highest BCUT2D eigenvalue weighted by Crippen LogP contribution is 2.45. The van der Waals surface area contributed by atoms with Crippen LogP contribution in [0.3, 0.4) is 0 Å². The smallest absolute Gasteiger partial charge is 0.0575 e. The fraction of sp³-hybridized carbons (Fsp3) is 0.939. The Kier molecular flexibility index (Phi) is 11.4. The third kappa shape index (κ3) is 8.11. The van der Waals surface area contributed by atoms with E-state index >= 15 is 0 Å². The van der Waals surface area contributed by atoms with Gasteiger partial charge in [0.2, 0.25) is 0 Å². The van der Waals surface area contributed by atoms with Crippen LogP contribution in [-0.4, -0.2) is 12.7 Å². The Morgan fingerprint density at radius 3 is 1.82 bits per heavy atom. The first-order valence-corrected chi connectivity index (χ1v) is 16.0. The van der Waals surface area contributed by atoms with Gasteiger partial charge in [-0.15, -0.1) is 0 Å². The van der Waals surface area contributed by atoms with E-state index < -0.39 is 0 Å². The van der Waals surface area contributed by atoms with Crippen LogP contribution < -0.4 is 0 Å². The summed E-state index contributed by atoms with van der Waals surface area (Å²) in [5.41, 5.74) is 0. The van der Waals surface area contributed by atoms with Crippen LogP contribution in [0.15, 0.2) is 12.2 Å². The Morgan fingerprint density at radius 1 is 0.559 bits per heavy atom. The van der Waals surface area contributed by atoms with Crippen molar-refractivity contribution < 1.29 is 4.74 Å². The van der Waals surface area contributed by atoms with Crippen LogP contribution in [0.25, 0.3) is 0 Å². The van der Waals surface area contributed by atoms with Gasteiger partial charge >= 0.3 is 0 Å². The lowest BCUT2D eigenvalue weighted by molar-refractivity contribution is -0.0132. The molecular weight excluding hydrogens is 412 g/mol. The van der Waals surface area contributed by atoms with Gasteiger partial charge in [-0.05, 0) is 138 Å². The minimum absolute atomic E-state index is 0.585. The summed E-state index contributed by atoms with van der Waals surface area (Å²) in [6.07, 6.45) is 34.7. The minimum Gasteiger partial charge on any atom is -0.378 e. The Labute approximate surface area is 213 Å². The van der Waals surface area contributed by atoms with Gasteiger partial charge in [-0.25, -0.2) is 0 Å². The molecule has 0 aromatic carbocycles. The van der Waals surface area contributed by atoms with E-state index in [1.807, 2.05) is 0 Å². The third-order valence-electron chi connectivity index (χ3n) is 10.7. The van der Waals surface area contributed by atoms with Crippen LogP contribution in [0.2, 0.25) is 0 Å². The molecule has 4 rings (SSSR count). The molecule has 2 atom stereocenters. The van der Waals surface area contributed by atoms with Crippen molar-refractivity contribution in [3.63, 3.8) is 0 Å². The molecule has 34 heavy (non-hydrogen) atoms. The molecule has 0 radical (unpaired) electrons. The summed E-state index contributed by atoms with van der Waals surface area (Å²) in [6.45, 7) is 5.72. The van der Waals surface area contributed by atoms with E-state index in [9.17, 15) is 0 Å². The Bertz CT molecular complexity index is 557. The molecule has 0 saturated heterocycles. The van der Waals surface area contributed by atoms with E-state index in [2.05, 4.69) is 26.0 Å². The largest absolute Gasteiger partial charge is 0.378 e. The highest BCUT2D eigenvalue weighted by molar-refractivity contribution is 5.01. The highest BCUT2D eigenvalue weighted by Gasteiger charge is 2.34. The van der Waals surface area contributed by atoms with Gasteiger partial charge in [-0.3, -0.25) is 0 Å². The van der Waals surface area contributed by atoms with E-state index in [0.29, 0.717) is 6.10 Å². The van der Waals surface area contributed by atoms with Gasteiger partial charge < -0.3 is 4.74 Å². The average molecular weight is 471 g/mol. The molecule has 2 unspecified atom stereocenters. The molecule has 0 bridgehead atoms. The zero-order chi connectivity index (χ0) is 23.6. The lowest BCUT2D eigenvalue weighted by Gasteiger charge is -2.40. The van der Waals surface area contributed by atoms with E-state index in [0.717, 1.165) is 48.0 Å². The van der Waals surface area contributed by atoms with Gasteiger partial charge in [-0.1, -0.05) is 58.1 Å². The van der Waals surface area contributed by atoms with Gasteiger partial charge in [0.25, 0.3) is 0 Å². The van der Waals surface area contributed by atoms with Crippen molar-refractivity contribution >= 4 is 0 Å². The normalized spacial score (nSPS) is 39.2. The number of hydrogen-bond acceptors (Lipinski definition) is 1. The second kappa shape index (κ2) is 14.4. The number of rotatable bonds is 11. The minimum atomic E-state index is 0.585. The summed E-state index contributed by atoms with van der Waals surface area (Å²) in [5.74, 6) is 6.74. The van der Waals surface area contributed by atoms with Crippen molar-refractivity contribution in [1.82, 2.24) is 0 Å². The molecule has 196 valence electrons. The quantitative estimate of drug-likeness (QED) is 0.215. The molecule has 0 spiro atoms. The molecule has 0 N–H and O–H groups in total. The van der Waals surface area contributed by atoms with Crippen molar-refractivity contribution in [3.8, 4) is 0 Å². The Hall–Kier alpha value is -0.300. The summed E-state index contributed by atoms with van der Waals surface area (Å²) in [6, 6.07) is 0.